The molecule has 0 saturated carbocycles. The van der Waals surface area contributed by atoms with Crippen molar-refractivity contribution in [2.45, 2.75) is 0 Å². The molecular formula is C11H6Br3N3O2. The third-order valence-corrected chi connectivity index (χ3v) is 3.80. The summed E-state index contributed by atoms with van der Waals surface area (Å²) in [7, 11) is 0. The number of nitro groups is 1. The predicted octanol–water partition coefficient (Wildman–Crippen LogP) is 5.02. The van der Waals surface area contributed by atoms with Crippen molar-refractivity contribution in [3.8, 4) is 0 Å². The molecule has 2 rings (SSSR count). The van der Waals surface area contributed by atoms with Crippen LogP contribution in [-0.2, 0) is 0 Å². The van der Waals surface area contributed by atoms with Gasteiger partial charge in [0.1, 0.15) is 0 Å². The van der Waals surface area contributed by atoms with Gasteiger partial charge in [0.05, 0.1) is 10.6 Å². The summed E-state index contributed by atoms with van der Waals surface area (Å²) in [6.07, 6.45) is 1.50. The normalized spacial score (nSPS) is 10.3. The fourth-order valence-corrected chi connectivity index (χ4v) is 2.85. The molecule has 0 atom stereocenters. The Morgan fingerprint density at radius 1 is 1.16 bits per heavy atom. The third-order valence-electron chi connectivity index (χ3n) is 2.22. The first-order valence-corrected chi connectivity index (χ1v) is 7.37. The molecule has 5 nitrogen and oxygen atoms in total. The molecule has 8 heteroatoms. The van der Waals surface area contributed by atoms with Crippen molar-refractivity contribution in [2.75, 3.05) is 5.32 Å². The van der Waals surface area contributed by atoms with E-state index in [2.05, 4.69) is 58.1 Å². The summed E-state index contributed by atoms with van der Waals surface area (Å²) in [5.41, 5.74) is 0.602. The number of nitrogens with zero attached hydrogens (tertiary/aromatic N) is 2. The summed E-state index contributed by atoms with van der Waals surface area (Å²) in [6.45, 7) is 0. The van der Waals surface area contributed by atoms with Gasteiger partial charge in [-0.05, 0) is 50.1 Å². The van der Waals surface area contributed by atoms with Crippen LogP contribution in [0.2, 0.25) is 0 Å². The fourth-order valence-electron chi connectivity index (χ4n) is 1.38. The maximum atomic E-state index is 11.0. The molecule has 0 radical (unpaired) electrons. The number of hydrogen-bond acceptors (Lipinski definition) is 4. The average Bonchev–Trinajstić information content (AvgIpc) is 2.34. The molecule has 1 heterocycles. The van der Waals surface area contributed by atoms with Crippen molar-refractivity contribution in [3.05, 3.63) is 54.0 Å². The van der Waals surface area contributed by atoms with Gasteiger partial charge >= 0.3 is 5.69 Å². The van der Waals surface area contributed by atoms with Crippen LogP contribution in [-0.4, -0.2) is 9.91 Å². The monoisotopic (exact) mass is 449 g/mol. The Bertz CT molecular complexity index is 649. The zero-order valence-corrected chi connectivity index (χ0v) is 14.0. The minimum Gasteiger partial charge on any atom is -0.334 e. The van der Waals surface area contributed by atoms with E-state index in [1.54, 1.807) is 6.07 Å². The molecule has 0 aliphatic carbocycles. The number of hydrogen-bond donors (Lipinski definition) is 1. The number of pyridine rings is 1. The molecule has 0 aliphatic heterocycles. The van der Waals surface area contributed by atoms with Gasteiger partial charge in [-0.25, -0.2) is 4.98 Å². The van der Waals surface area contributed by atoms with E-state index in [1.165, 1.54) is 12.3 Å². The van der Waals surface area contributed by atoms with Crippen LogP contribution in [0.5, 0.6) is 0 Å². The highest BCUT2D eigenvalue weighted by Gasteiger charge is 2.16. The summed E-state index contributed by atoms with van der Waals surface area (Å²) in [5, 5.41) is 13.9. The standard InChI is InChI=1S/C11H6Br3N3O2/c12-6-1-2-9(8(14)3-6)16-11-10(17(18)19)4-7(13)5-15-11/h1-5H,(H,15,16). The molecule has 0 saturated heterocycles. The SMILES string of the molecule is O=[N+]([O-])c1cc(Br)cnc1Nc1ccc(Br)cc1Br. The minimum atomic E-state index is -0.479. The highest BCUT2D eigenvalue weighted by molar-refractivity contribution is 9.11. The number of anilines is 2. The fraction of sp³-hybridized carbons (Fsp3) is 0. The lowest BCUT2D eigenvalue weighted by molar-refractivity contribution is -0.384. The van der Waals surface area contributed by atoms with Crippen LogP contribution in [0, 0.1) is 10.1 Å². The van der Waals surface area contributed by atoms with Crippen LogP contribution >= 0.6 is 47.8 Å². The molecule has 2 aromatic rings. The molecule has 0 amide bonds. The average molecular weight is 452 g/mol. The maximum absolute atomic E-state index is 11.0. The Kier molecular flexibility index (Phi) is 4.54. The number of nitrogens with one attached hydrogen (secondary N) is 1. The first-order chi connectivity index (χ1) is 8.97. The summed E-state index contributed by atoms with van der Waals surface area (Å²) in [4.78, 5) is 14.5. The third kappa shape index (κ3) is 3.52. The second kappa shape index (κ2) is 5.98. The molecule has 1 aromatic carbocycles. The van der Waals surface area contributed by atoms with E-state index in [0.717, 1.165) is 8.95 Å². The molecule has 0 unspecified atom stereocenters. The van der Waals surface area contributed by atoms with Gasteiger partial charge in [-0.3, -0.25) is 10.1 Å². The Morgan fingerprint density at radius 3 is 2.53 bits per heavy atom. The second-order valence-electron chi connectivity index (χ2n) is 3.53. The molecule has 0 aliphatic rings. The van der Waals surface area contributed by atoms with Crippen LogP contribution in [0.25, 0.3) is 0 Å². The maximum Gasteiger partial charge on any atom is 0.312 e. The molecule has 0 bridgehead atoms. The number of aromatic nitrogens is 1. The molecule has 0 spiro atoms. The van der Waals surface area contributed by atoms with Crippen molar-refractivity contribution >= 4 is 65.0 Å². The minimum absolute atomic E-state index is 0.0933. The lowest BCUT2D eigenvalue weighted by Crippen LogP contribution is -2.00. The van der Waals surface area contributed by atoms with E-state index in [9.17, 15) is 10.1 Å². The Balaban J connectivity index is 2.40. The predicted molar refractivity (Wildman–Crippen MR) is 83.7 cm³/mol. The van der Waals surface area contributed by atoms with Crippen molar-refractivity contribution in [2.24, 2.45) is 0 Å². The van der Waals surface area contributed by atoms with E-state index >= 15 is 0 Å². The first-order valence-electron chi connectivity index (χ1n) is 4.99. The van der Waals surface area contributed by atoms with Gasteiger partial charge in [-0.1, -0.05) is 15.9 Å². The molecular weight excluding hydrogens is 446 g/mol. The molecule has 19 heavy (non-hydrogen) atoms. The number of benzene rings is 1. The summed E-state index contributed by atoms with van der Waals surface area (Å²) in [5.74, 6) is 0.191. The van der Waals surface area contributed by atoms with E-state index in [0.29, 0.717) is 10.2 Å². The van der Waals surface area contributed by atoms with Crippen LogP contribution in [0.15, 0.2) is 43.9 Å². The molecule has 1 N–H and O–H groups in total. The van der Waals surface area contributed by atoms with Crippen LogP contribution in [0.1, 0.15) is 0 Å². The van der Waals surface area contributed by atoms with Gasteiger partial charge in [-0.2, -0.15) is 0 Å². The van der Waals surface area contributed by atoms with E-state index in [1.807, 2.05) is 12.1 Å². The largest absolute Gasteiger partial charge is 0.334 e. The van der Waals surface area contributed by atoms with Gasteiger partial charge in [-0.15, -0.1) is 0 Å². The van der Waals surface area contributed by atoms with Crippen molar-refractivity contribution in [3.63, 3.8) is 0 Å². The molecule has 0 fully saturated rings. The van der Waals surface area contributed by atoms with Crippen LogP contribution in [0.4, 0.5) is 17.2 Å². The Hall–Kier alpha value is -0.990. The summed E-state index contributed by atoms with van der Waals surface area (Å²) < 4.78 is 2.24. The van der Waals surface area contributed by atoms with Crippen molar-refractivity contribution in [1.29, 1.82) is 0 Å². The van der Waals surface area contributed by atoms with Gasteiger partial charge < -0.3 is 5.32 Å². The highest BCUT2D eigenvalue weighted by atomic mass is 79.9. The number of rotatable bonds is 3. The van der Waals surface area contributed by atoms with Gasteiger partial charge in [0.25, 0.3) is 0 Å². The zero-order chi connectivity index (χ0) is 14.0. The lowest BCUT2D eigenvalue weighted by Gasteiger charge is -2.08. The lowest BCUT2D eigenvalue weighted by atomic mass is 10.3. The Labute approximate surface area is 134 Å². The quantitative estimate of drug-likeness (QED) is 0.525. The molecule has 98 valence electrons. The van der Waals surface area contributed by atoms with Crippen LogP contribution in [0.3, 0.4) is 0 Å². The van der Waals surface area contributed by atoms with E-state index in [-0.39, 0.29) is 11.5 Å². The van der Waals surface area contributed by atoms with Crippen LogP contribution < -0.4 is 5.32 Å². The highest BCUT2D eigenvalue weighted by Crippen LogP contribution is 2.32. The summed E-state index contributed by atoms with van der Waals surface area (Å²) in [6, 6.07) is 6.87. The zero-order valence-electron chi connectivity index (χ0n) is 9.23. The smallest absolute Gasteiger partial charge is 0.312 e. The van der Waals surface area contributed by atoms with E-state index in [4.69, 9.17) is 0 Å². The van der Waals surface area contributed by atoms with Crippen molar-refractivity contribution < 1.29 is 4.92 Å². The molecule has 1 aromatic heterocycles. The topological polar surface area (TPSA) is 68.1 Å². The van der Waals surface area contributed by atoms with E-state index < -0.39 is 4.92 Å². The van der Waals surface area contributed by atoms with Crippen molar-refractivity contribution in [1.82, 2.24) is 4.98 Å². The van der Waals surface area contributed by atoms with Gasteiger partial charge in [0.2, 0.25) is 5.82 Å². The van der Waals surface area contributed by atoms with Gasteiger partial charge in [0, 0.05) is 25.7 Å². The summed E-state index contributed by atoms with van der Waals surface area (Å²) >= 11 is 9.89. The number of halogens is 3. The Morgan fingerprint density at radius 2 is 1.89 bits per heavy atom. The second-order valence-corrected chi connectivity index (χ2v) is 6.21. The van der Waals surface area contributed by atoms with Gasteiger partial charge in [0.15, 0.2) is 0 Å². The first kappa shape index (κ1) is 14.4.